The second kappa shape index (κ2) is 6.05. The average molecular weight is 276 g/mol. The van der Waals surface area contributed by atoms with E-state index in [2.05, 4.69) is 15.3 Å². The Morgan fingerprint density at radius 3 is 2.85 bits per heavy atom. The number of nitrogens with zero attached hydrogens (tertiary/aromatic N) is 3. The summed E-state index contributed by atoms with van der Waals surface area (Å²) in [6, 6.07) is 4.20. The SMILES string of the molecule is CCCNc1ccc([N+](=O)[O-])c(-c2ccncc2F)n1. The van der Waals surface area contributed by atoms with Gasteiger partial charge in [-0.3, -0.25) is 15.1 Å². The lowest BCUT2D eigenvalue weighted by Crippen LogP contribution is -2.04. The van der Waals surface area contributed by atoms with Gasteiger partial charge in [0.05, 0.1) is 11.1 Å². The lowest BCUT2D eigenvalue weighted by Gasteiger charge is -2.07. The third-order valence-electron chi connectivity index (χ3n) is 2.65. The standard InChI is InChI=1S/C13H13FN4O2/c1-2-6-16-12-4-3-11(18(19)20)13(17-12)9-5-7-15-8-10(9)14/h3-5,7-8H,2,6H2,1H3,(H,16,17). The van der Waals surface area contributed by atoms with Crippen molar-refractivity contribution < 1.29 is 9.31 Å². The molecule has 0 unspecified atom stereocenters. The van der Waals surface area contributed by atoms with Gasteiger partial charge in [-0.2, -0.15) is 0 Å². The van der Waals surface area contributed by atoms with Crippen molar-refractivity contribution in [2.75, 3.05) is 11.9 Å². The number of halogens is 1. The fraction of sp³-hybridized carbons (Fsp3) is 0.231. The third kappa shape index (κ3) is 2.87. The third-order valence-corrected chi connectivity index (χ3v) is 2.65. The van der Waals surface area contributed by atoms with E-state index in [4.69, 9.17) is 0 Å². The van der Waals surface area contributed by atoms with E-state index < -0.39 is 10.7 Å². The summed E-state index contributed by atoms with van der Waals surface area (Å²) in [6.45, 7) is 2.67. The van der Waals surface area contributed by atoms with Gasteiger partial charge >= 0.3 is 0 Å². The van der Waals surface area contributed by atoms with Crippen LogP contribution in [0.5, 0.6) is 0 Å². The Kier molecular flexibility index (Phi) is 4.19. The number of nitro groups is 1. The lowest BCUT2D eigenvalue weighted by atomic mass is 10.1. The molecule has 0 aliphatic carbocycles. The molecule has 0 aliphatic heterocycles. The van der Waals surface area contributed by atoms with Crippen LogP contribution in [0.1, 0.15) is 13.3 Å². The van der Waals surface area contributed by atoms with Crippen molar-refractivity contribution in [2.45, 2.75) is 13.3 Å². The van der Waals surface area contributed by atoms with Gasteiger partial charge in [0.1, 0.15) is 5.82 Å². The first-order valence-corrected chi connectivity index (χ1v) is 6.12. The molecule has 7 heteroatoms. The maximum atomic E-state index is 13.8. The van der Waals surface area contributed by atoms with Crippen LogP contribution in [0.4, 0.5) is 15.9 Å². The van der Waals surface area contributed by atoms with E-state index in [0.717, 1.165) is 12.6 Å². The van der Waals surface area contributed by atoms with Crippen LogP contribution < -0.4 is 5.32 Å². The summed E-state index contributed by atoms with van der Waals surface area (Å²) in [7, 11) is 0. The Morgan fingerprint density at radius 1 is 1.40 bits per heavy atom. The van der Waals surface area contributed by atoms with Gasteiger partial charge in [0.15, 0.2) is 11.5 Å². The van der Waals surface area contributed by atoms with Gasteiger partial charge < -0.3 is 5.32 Å². The van der Waals surface area contributed by atoms with Crippen LogP contribution in [0, 0.1) is 15.9 Å². The molecule has 0 amide bonds. The summed E-state index contributed by atoms with van der Waals surface area (Å²) in [4.78, 5) is 18.2. The zero-order chi connectivity index (χ0) is 14.5. The molecule has 0 saturated carbocycles. The molecule has 0 radical (unpaired) electrons. The van der Waals surface area contributed by atoms with Gasteiger partial charge in [0, 0.05) is 24.4 Å². The van der Waals surface area contributed by atoms with Gasteiger partial charge in [-0.25, -0.2) is 9.37 Å². The van der Waals surface area contributed by atoms with Crippen LogP contribution in [0.3, 0.4) is 0 Å². The summed E-state index contributed by atoms with van der Waals surface area (Å²) in [6.07, 6.45) is 3.26. The molecule has 0 bridgehead atoms. The molecule has 0 aliphatic rings. The Bertz CT molecular complexity index is 634. The predicted octanol–water partition coefficient (Wildman–Crippen LogP) is 3.01. The summed E-state index contributed by atoms with van der Waals surface area (Å²) < 4.78 is 13.8. The van der Waals surface area contributed by atoms with Crippen molar-refractivity contribution in [2.24, 2.45) is 0 Å². The van der Waals surface area contributed by atoms with Crippen molar-refractivity contribution in [3.05, 3.63) is 46.5 Å². The highest BCUT2D eigenvalue weighted by Crippen LogP contribution is 2.30. The summed E-state index contributed by atoms with van der Waals surface area (Å²) in [5.41, 5.74) is -0.181. The van der Waals surface area contributed by atoms with Gasteiger partial charge in [-0.1, -0.05) is 6.92 Å². The van der Waals surface area contributed by atoms with Gasteiger partial charge in [0.25, 0.3) is 5.69 Å². The smallest absolute Gasteiger partial charge is 0.295 e. The lowest BCUT2D eigenvalue weighted by molar-refractivity contribution is -0.384. The molecule has 0 fully saturated rings. The number of aromatic nitrogens is 2. The van der Waals surface area contributed by atoms with Crippen LogP contribution in [-0.4, -0.2) is 21.4 Å². The molecular weight excluding hydrogens is 263 g/mol. The molecule has 0 saturated heterocycles. The number of anilines is 1. The van der Waals surface area contributed by atoms with Gasteiger partial charge in [-0.15, -0.1) is 0 Å². The van der Waals surface area contributed by atoms with E-state index in [0.29, 0.717) is 12.4 Å². The minimum Gasteiger partial charge on any atom is -0.370 e. The maximum absolute atomic E-state index is 13.8. The average Bonchev–Trinajstić information content (AvgIpc) is 2.45. The van der Waals surface area contributed by atoms with Crippen LogP contribution in [-0.2, 0) is 0 Å². The minimum absolute atomic E-state index is 0.00370. The largest absolute Gasteiger partial charge is 0.370 e. The Morgan fingerprint density at radius 2 is 2.20 bits per heavy atom. The molecular formula is C13H13FN4O2. The van der Waals surface area contributed by atoms with E-state index in [1.807, 2.05) is 6.92 Å². The second-order valence-corrected chi connectivity index (χ2v) is 4.10. The zero-order valence-electron chi connectivity index (χ0n) is 10.8. The fourth-order valence-corrected chi connectivity index (χ4v) is 1.72. The van der Waals surface area contributed by atoms with Crippen molar-refractivity contribution in [3.63, 3.8) is 0 Å². The van der Waals surface area contributed by atoms with E-state index in [9.17, 15) is 14.5 Å². The van der Waals surface area contributed by atoms with Gasteiger partial charge in [0.2, 0.25) is 0 Å². The van der Waals surface area contributed by atoms with E-state index in [-0.39, 0.29) is 16.9 Å². The van der Waals surface area contributed by atoms with Gasteiger partial charge in [-0.05, 0) is 18.6 Å². The molecule has 1 N–H and O–H groups in total. The number of hydrogen-bond donors (Lipinski definition) is 1. The molecule has 2 aromatic rings. The van der Waals surface area contributed by atoms with Crippen LogP contribution in [0.2, 0.25) is 0 Å². The highest BCUT2D eigenvalue weighted by atomic mass is 19.1. The van der Waals surface area contributed by atoms with Crippen molar-refractivity contribution in [3.8, 4) is 11.3 Å². The first-order valence-electron chi connectivity index (χ1n) is 6.12. The second-order valence-electron chi connectivity index (χ2n) is 4.10. The molecule has 2 aromatic heterocycles. The van der Waals surface area contributed by atoms with Crippen LogP contribution >= 0.6 is 0 Å². The molecule has 20 heavy (non-hydrogen) atoms. The van der Waals surface area contributed by atoms with Crippen molar-refractivity contribution in [1.82, 2.24) is 9.97 Å². The van der Waals surface area contributed by atoms with E-state index >= 15 is 0 Å². The van der Waals surface area contributed by atoms with E-state index in [1.54, 1.807) is 0 Å². The summed E-state index contributed by atoms with van der Waals surface area (Å²) in [5.74, 6) is -0.167. The molecule has 0 spiro atoms. The van der Waals surface area contributed by atoms with Crippen LogP contribution in [0.25, 0.3) is 11.3 Å². The number of nitrogens with one attached hydrogen (secondary N) is 1. The molecule has 104 valence electrons. The van der Waals surface area contributed by atoms with E-state index in [1.165, 1.54) is 24.4 Å². The summed E-state index contributed by atoms with van der Waals surface area (Å²) >= 11 is 0. The Balaban J connectivity index is 2.53. The summed E-state index contributed by atoms with van der Waals surface area (Å²) in [5, 5.41) is 14.1. The fourth-order valence-electron chi connectivity index (χ4n) is 1.72. The number of hydrogen-bond acceptors (Lipinski definition) is 5. The highest BCUT2D eigenvalue weighted by Gasteiger charge is 2.20. The Hall–Kier alpha value is -2.57. The predicted molar refractivity (Wildman–Crippen MR) is 72.9 cm³/mol. The Labute approximate surface area is 114 Å². The molecule has 2 rings (SSSR count). The normalized spacial score (nSPS) is 10.3. The molecule has 0 aromatic carbocycles. The van der Waals surface area contributed by atoms with Crippen molar-refractivity contribution >= 4 is 11.5 Å². The zero-order valence-corrected chi connectivity index (χ0v) is 10.8. The molecule has 0 atom stereocenters. The monoisotopic (exact) mass is 276 g/mol. The van der Waals surface area contributed by atoms with Crippen molar-refractivity contribution in [1.29, 1.82) is 0 Å². The number of pyridine rings is 2. The molecule has 2 heterocycles. The number of rotatable bonds is 5. The first-order chi connectivity index (χ1) is 9.63. The maximum Gasteiger partial charge on any atom is 0.295 e. The highest BCUT2D eigenvalue weighted by molar-refractivity contribution is 5.71. The first kappa shape index (κ1) is 13.9. The quantitative estimate of drug-likeness (QED) is 0.670. The minimum atomic E-state index is -0.643. The van der Waals surface area contributed by atoms with Crippen LogP contribution in [0.15, 0.2) is 30.6 Å². The molecule has 6 nitrogen and oxygen atoms in total. The topological polar surface area (TPSA) is 81.0 Å².